The summed E-state index contributed by atoms with van der Waals surface area (Å²) in [5, 5.41) is 3.03. The van der Waals surface area contributed by atoms with E-state index in [1.54, 1.807) is 12.0 Å². The van der Waals surface area contributed by atoms with E-state index in [-0.39, 0.29) is 23.3 Å². The maximum absolute atomic E-state index is 12.2. The van der Waals surface area contributed by atoms with Gasteiger partial charge in [-0.05, 0) is 26.2 Å². The molecule has 0 spiro atoms. The second kappa shape index (κ2) is 6.57. The zero-order chi connectivity index (χ0) is 14.6. The van der Waals surface area contributed by atoms with Crippen molar-refractivity contribution < 1.29 is 14.3 Å². The van der Waals surface area contributed by atoms with Gasteiger partial charge in [0.05, 0.1) is 6.61 Å². The number of carbonyl (C=O) groups excluding carboxylic acids is 2. The Hall–Kier alpha value is -1.10. The highest BCUT2D eigenvalue weighted by atomic mass is 16.5. The Balaban J connectivity index is 1.86. The highest BCUT2D eigenvalue weighted by molar-refractivity contribution is 5.88. The summed E-state index contributed by atoms with van der Waals surface area (Å²) in [5.41, 5.74) is 0.0964. The van der Waals surface area contributed by atoms with Crippen molar-refractivity contribution in [2.75, 3.05) is 26.8 Å². The molecule has 114 valence electrons. The van der Waals surface area contributed by atoms with E-state index in [4.69, 9.17) is 4.74 Å². The molecule has 0 bridgehead atoms. The van der Waals surface area contributed by atoms with Gasteiger partial charge in [0, 0.05) is 32.0 Å². The van der Waals surface area contributed by atoms with Gasteiger partial charge in [0.25, 0.3) is 0 Å². The number of methoxy groups -OCH3 is 1. The Kier molecular flexibility index (Phi) is 5.02. The molecule has 1 heterocycles. The van der Waals surface area contributed by atoms with Gasteiger partial charge in [-0.25, -0.2) is 0 Å². The molecule has 0 aromatic heterocycles. The van der Waals surface area contributed by atoms with Crippen LogP contribution in [0.3, 0.4) is 0 Å². The maximum Gasteiger partial charge on any atom is 0.242 e. The Bertz CT molecular complexity index is 364. The van der Waals surface area contributed by atoms with Gasteiger partial charge >= 0.3 is 0 Å². The lowest BCUT2D eigenvalue weighted by Crippen LogP contribution is -2.48. The molecule has 1 saturated carbocycles. The molecule has 2 rings (SSSR count). The van der Waals surface area contributed by atoms with Crippen molar-refractivity contribution in [3.8, 4) is 0 Å². The van der Waals surface area contributed by atoms with Gasteiger partial charge in [0.2, 0.25) is 11.8 Å². The van der Waals surface area contributed by atoms with Crippen LogP contribution in [0, 0.1) is 5.41 Å². The van der Waals surface area contributed by atoms with Crippen molar-refractivity contribution in [1.29, 1.82) is 0 Å². The number of amides is 2. The van der Waals surface area contributed by atoms with Crippen LogP contribution in [-0.2, 0) is 14.3 Å². The van der Waals surface area contributed by atoms with E-state index in [2.05, 4.69) is 5.32 Å². The molecule has 2 amide bonds. The molecule has 1 N–H and O–H groups in total. The van der Waals surface area contributed by atoms with E-state index in [9.17, 15) is 9.59 Å². The van der Waals surface area contributed by atoms with Crippen LogP contribution in [0.5, 0.6) is 0 Å². The Labute approximate surface area is 121 Å². The Morgan fingerprint density at radius 2 is 2.10 bits per heavy atom. The summed E-state index contributed by atoms with van der Waals surface area (Å²) >= 11 is 0. The summed E-state index contributed by atoms with van der Waals surface area (Å²) in [6, 6.07) is -0.356. The molecule has 1 aliphatic heterocycles. The topological polar surface area (TPSA) is 58.6 Å². The summed E-state index contributed by atoms with van der Waals surface area (Å²) < 4.78 is 5.32. The van der Waals surface area contributed by atoms with Gasteiger partial charge in [-0.15, -0.1) is 0 Å². The van der Waals surface area contributed by atoms with Crippen LogP contribution in [0.2, 0.25) is 0 Å². The molecule has 2 aliphatic rings. The second-order valence-electron chi connectivity index (χ2n) is 6.22. The summed E-state index contributed by atoms with van der Waals surface area (Å²) in [4.78, 5) is 25.6. The summed E-state index contributed by atoms with van der Waals surface area (Å²) in [7, 11) is 1.72. The third kappa shape index (κ3) is 3.32. The number of likely N-dealkylation sites (tertiary alicyclic amines) is 1. The predicted octanol–water partition coefficient (Wildman–Crippen LogP) is 1.32. The largest absolute Gasteiger partial charge is 0.384 e. The lowest BCUT2D eigenvalue weighted by molar-refractivity contribution is -0.137. The minimum atomic E-state index is -0.356. The van der Waals surface area contributed by atoms with Crippen molar-refractivity contribution >= 4 is 11.8 Å². The molecule has 5 nitrogen and oxygen atoms in total. The van der Waals surface area contributed by atoms with Gasteiger partial charge in [0.1, 0.15) is 6.04 Å². The Morgan fingerprint density at radius 1 is 1.40 bits per heavy atom. The Morgan fingerprint density at radius 3 is 2.65 bits per heavy atom. The van der Waals surface area contributed by atoms with E-state index in [1.807, 2.05) is 6.92 Å². The SMILES string of the molecule is COCC1(CNC(=O)[C@H](C)N2CCCC2=O)CCCC1. The van der Waals surface area contributed by atoms with Crippen LogP contribution in [0.1, 0.15) is 45.4 Å². The van der Waals surface area contributed by atoms with E-state index >= 15 is 0 Å². The number of ether oxygens (including phenoxy) is 1. The lowest BCUT2D eigenvalue weighted by Gasteiger charge is -2.30. The molecular formula is C15H26N2O3. The second-order valence-corrected chi connectivity index (χ2v) is 6.22. The third-order valence-electron chi connectivity index (χ3n) is 4.71. The van der Waals surface area contributed by atoms with Gasteiger partial charge in [0.15, 0.2) is 0 Å². The molecule has 0 aromatic carbocycles. The zero-order valence-electron chi connectivity index (χ0n) is 12.6. The number of carbonyl (C=O) groups is 2. The number of hydrogen-bond donors (Lipinski definition) is 1. The fourth-order valence-electron chi connectivity index (χ4n) is 3.45. The maximum atomic E-state index is 12.2. The monoisotopic (exact) mass is 282 g/mol. The zero-order valence-corrected chi connectivity index (χ0v) is 12.6. The van der Waals surface area contributed by atoms with Crippen LogP contribution in [0.15, 0.2) is 0 Å². The molecule has 5 heteroatoms. The average molecular weight is 282 g/mol. The van der Waals surface area contributed by atoms with Crippen LogP contribution < -0.4 is 5.32 Å². The highest BCUT2D eigenvalue weighted by Gasteiger charge is 2.35. The number of hydrogen-bond acceptors (Lipinski definition) is 3. The highest BCUT2D eigenvalue weighted by Crippen LogP contribution is 2.37. The van der Waals surface area contributed by atoms with E-state index in [0.29, 0.717) is 26.1 Å². The van der Waals surface area contributed by atoms with Gasteiger partial charge in [-0.1, -0.05) is 12.8 Å². The number of rotatable bonds is 6. The first-order valence-electron chi connectivity index (χ1n) is 7.64. The summed E-state index contributed by atoms with van der Waals surface area (Å²) in [6.45, 7) is 3.88. The average Bonchev–Trinajstić information content (AvgIpc) is 3.05. The summed E-state index contributed by atoms with van der Waals surface area (Å²) in [6.07, 6.45) is 6.07. The van der Waals surface area contributed by atoms with Crippen LogP contribution in [-0.4, -0.2) is 49.6 Å². The van der Waals surface area contributed by atoms with Gasteiger partial charge < -0.3 is 15.0 Å². The first-order chi connectivity index (χ1) is 9.58. The van der Waals surface area contributed by atoms with E-state index in [1.165, 1.54) is 12.8 Å². The van der Waals surface area contributed by atoms with Crippen molar-refractivity contribution in [3.63, 3.8) is 0 Å². The minimum absolute atomic E-state index is 0.0392. The quantitative estimate of drug-likeness (QED) is 0.799. The molecule has 1 atom stereocenters. The van der Waals surface area contributed by atoms with Gasteiger partial charge in [-0.2, -0.15) is 0 Å². The molecule has 0 unspecified atom stereocenters. The molecule has 1 aliphatic carbocycles. The fraction of sp³-hybridized carbons (Fsp3) is 0.867. The molecule has 20 heavy (non-hydrogen) atoms. The molecule has 2 fully saturated rings. The first kappa shape index (κ1) is 15.3. The van der Waals surface area contributed by atoms with E-state index in [0.717, 1.165) is 19.3 Å². The standard InChI is InChI=1S/C15H26N2O3/c1-12(17-9-5-6-13(17)18)14(19)16-10-15(11-20-2)7-3-4-8-15/h12H,3-11H2,1-2H3,(H,16,19)/t12-/m0/s1. The fourth-order valence-corrected chi connectivity index (χ4v) is 3.45. The lowest BCUT2D eigenvalue weighted by atomic mass is 9.87. The van der Waals surface area contributed by atoms with Crippen LogP contribution >= 0.6 is 0 Å². The van der Waals surface area contributed by atoms with Crippen LogP contribution in [0.25, 0.3) is 0 Å². The van der Waals surface area contributed by atoms with Crippen molar-refractivity contribution in [2.45, 2.75) is 51.5 Å². The normalized spacial score (nSPS) is 23.1. The van der Waals surface area contributed by atoms with Gasteiger partial charge in [-0.3, -0.25) is 9.59 Å². The molecule has 1 saturated heterocycles. The smallest absolute Gasteiger partial charge is 0.242 e. The third-order valence-corrected chi connectivity index (χ3v) is 4.71. The van der Waals surface area contributed by atoms with Crippen molar-refractivity contribution in [3.05, 3.63) is 0 Å². The van der Waals surface area contributed by atoms with E-state index < -0.39 is 0 Å². The van der Waals surface area contributed by atoms with Crippen molar-refractivity contribution in [2.24, 2.45) is 5.41 Å². The molecule has 0 aromatic rings. The predicted molar refractivity (Wildman–Crippen MR) is 76.2 cm³/mol. The minimum Gasteiger partial charge on any atom is -0.384 e. The molecule has 0 radical (unpaired) electrons. The molecular weight excluding hydrogens is 256 g/mol. The summed E-state index contributed by atoms with van der Waals surface area (Å²) in [5.74, 6) is 0.0581. The number of nitrogens with zero attached hydrogens (tertiary/aromatic N) is 1. The van der Waals surface area contributed by atoms with Crippen LogP contribution in [0.4, 0.5) is 0 Å². The number of nitrogens with one attached hydrogen (secondary N) is 1. The first-order valence-corrected chi connectivity index (χ1v) is 7.64. The van der Waals surface area contributed by atoms with Crippen molar-refractivity contribution in [1.82, 2.24) is 10.2 Å².